The van der Waals surface area contributed by atoms with Crippen molar-refractivity contribution < 1.29 is 18.0 Å². The first kappa shape index (κ1) is 26.0. The van der Waals surface area contributed by atoms with Gasteiger partial charge in [-0.2, -0.15) is 0 Å². The number of rotatable bonds is 9. The summed E-state index contributed by atoms with van der Waals surface area (Å²) in [6.07, 6.45) is 0.429. The first-order valence-corrected chi connectivity index (χ1v) is 12.9. The lowest BCUT2D eigenvalue weighted by Crippen LogP contribution is -2.24. The molecule has 3 rings (SSSR count). The van der Waals surface area contributed by atoms with E-state index in [1.54, 1.807) is 37.3 Å². The molecular weight excluding hydrogens is 462 g/mol. The zero-order valence-electron chi connectivity index (χ0n) is 20.4. The Kier molecular flexibility index (Phi) is 8.30. The molecule has 0 fully saturated rings. The van der Waals surface area contributed by atoms with Gasteiger partial charge in [0.1, 0.15) is 0 Å². The van der Waals surface area contributed by atoms with Crippen LogP contribution in [-0.4, -0.2) is 20.2 Å². The molecule has 0 spiro atoms. The lowest BCUT2D eigenvalue weighted by molar-refractivity contribution is -0.116. The molecule has 0 aliphatic carbocycles. The number of anilines is 2. The molecule has 3 aromatic carbocycles. The summed E-state index contributed by atoms with van der Waals surface area (Å²) in [5.74, 6) is -0.189. The zero-order chi connectivity index (χ0) is 25.6. The van der Waals surface area contributed by atoms with Crippen molar-refractivity contribution in [2.45, 2.75) is 45.6 Å². The van der Waals surface area contributed by atoms with Crippen molar-refractivity contribution in [2.75, 3.05) is 10.0 Å². The van der Waals surface area contributed by atoms with Crippen LogP contribution in [0.3, 0.4) is 0 Å². The van der Waals surface area contributed by atoms with Crippen molar-refractivity contribution in [3.8, 4) is 0 Å². The third-order valence-corrected chi connectivity index (χ3v) is 6.70. The number of aryl methyl sites for hydroxylation is 2. The Labute approximate surface area is 207 Å². The van der Waals surface area contributed by atoms with E-state index in [1.807, 2.05) is 45.0 Å². The predicted octanol–water partition coefficient (Wildman–Crippen LogP) is 5.02. The molecule has 3 aromatic rings. The number of nitrogens with one attached hydrogen (secondary N) is 3. The molecule has 35 heavy (non-hydrogen) atoms. The molecule has 0 aromatic heterocycles. The SMILES string of the molecule is Cc1ccc(NS(=O)(=O)c2ccc(C)c(C(=O)NCc3cccc(NC(=O)CC(C)C)c3)c2)cc1. The maximum Gasteiger partial charge on any atom is 0.261 e. The normalized spacial score (nSPS) is 11.2. The lowest BCUT2D eigenvalue weighted by atomic mass is 10.1. The average Bonchev–Trinajstić information content (AvgIpc) is 2.78. The Balaban J connectivity index is 1.70. The summed E-state index contributed by atoms with van der Waals surface area (Å²) in [6, 6.07) is 18.7. The van der Waals surface area contributed by atoms with Gasteiger partial charge in [0.2, 0.25) is 5.91 Å². The van der Waals surface area contributed by atoms with Gasteiger partial charge in [0.25, 0.3) is 15.9 Å². The Morgan fingerprint density at radius 1 is 0.886 bits per heavy atom. The highest BCUT2D eigenvalue weighted by Gasteiger charge is 2.18. The van der Waals surface area contributed by atoms with Crippen LogP contribution >= 0.6 is 0 Å². The Bertz CT molecular complexity index is 1320. The summed E-state index contributed by atoms with van der Waals surface area (Å²) in [4.78, 5) is 24.9. The number of carbonyl (C=O) groups excluding carboxylic acids is 2. The fourth-order valence-corrected chi connectivity index (χ4v) is 4.55. The van der Waals surface area contributed by atoms with E-state index in [0.29, 0.717) is 23.4 Å². The van der Waals surface area contributed by atoms with Gasteiger partial charge in [-0.05, 0) is 67.3 Å². The van der Waals surface area contributed by atoms with Crippen LogP contribution < -0.4 is 15.4 Å². The zero-order valence-corrected chi connectivity index (χ0v) is 21.2. The van der Waals surface area contributed by atoms with Crippen LogP contribution in [0.25, 0.3) is 0 Å². The first-order valence-electron chi connectivity index (χ1n) is 11.4. The number of amides is 2. The number of benzene rings is 3. The van der Waals surface area contributed by atoms with Gasteiger partial charge in [0, 0.05) is 29.9 Å². The maximum atomic E-state index is 12.9. The molecule has 3 N–H and O–H groups in total. The van der Waals surface area contributed by atoms with Crippen molar-refractivity contribution >= 4 is 33.2 Å². The molecule has 7 nitrogen and oxygen atoms in total. The van der Waals surface area contributed by atoms with Gasteiger partial charge in [0.05, 0.1) is 4.90 Å². The first-order chi connectivity index (χ1) is 16.5. The second kappa shape index (κ2) is 11.2. The molecule has 0 bridgehead atoms. The van der Waals surface area contributed by atoms with E-state index in [4.69, 9.17) is 0 Å². The maximum absolute atomic E-state index is 12.9. The van der Waals surface area contributed by atoms with Crippen molar-refractivity contribution in [1.82, 2.24) is 5.32 Å². The van der Waals surface area contributed by atoms with Crippen molar-refractivity contribution in [3.05, 3.63) is 89.0 Å². The minimum atomic E-state index is -3.86. The highest BCUT2D eigenvalue weighted by Crippen LogP contribution is 2.20. The molecular formula is C27H31N3O4S. The van der Waals surface area contributed by atoms with Crippen LogP contribution in [0, 0.1) is 19.8 Å². The van der Waals surface area contributed by atoms with E-state index in [9.17, 15) is 18.0 Å². The number of hydrogen-bond acceptors (Lipinski definition) is 4. The fourth-order valence-electron chi connectivity index (χ4n) is 3.47. The Morgan fingerprint density at radius 3 is 2.29 bits per heavy atom. The van der Waals surface area contributed by atoms with E-state index in [-0.39, 0.29) is 34.7 Å². The molecule has 2 amide bonds. The van der Waals surface area contributed by atoms with E-state index in [1.165, 1.54) is 12.1 Å². The van der Waals surface area contributed by atoms with Crippen molar-refractivity contribution in [3.63, 3.8) is 0 Å². The third-order valence-electron chi connectivity index (χ3n) is 5.33. The summed E-state index contributed by atoms with van der Waals surface area (Å²) in [5.41, 5.74) is 3.87. The van der Waals surface area contributed by atoms with E-state index in [0.717, 1.165) is 11.1 Å². The largest absolute Gasteiger partial charge is 0.348 e. The third kappa shape index (κ3) is 7.42. The Morgan fingerprint density at radius 2 is 1.60 bits per heavy atom. The average molecular weight is 494 g/mol. The molecule has 0 unspecified atom stereocenters. The van der Waals surface area contributed by atoms with Gasteiger partial charge in [-0.3, -0.25) is 14.3 Å². The predicted molar refractivity (Wildman–Crippen MR) is 139 cm³/mol. The molecule has 0 saturated heterocycles. The van der Waals surface area contributed by atoms with E-state index in [2.05, 4.69) is 15.4 Å². The van der Waals surface area contributed by atoms with Gasteiger partial charge in [-0.1, -0.05) is 49.7 Å². The fraction of sp³-hybridized carbons (Fsp3) is 0.259. The molecule has 8 heteroatoms. The molecule has 0 aliphatic rings. The van der Waals surface area contributed by atoms with Crippen LogP contribution in [0.2, 0.25) is 0 Å². The molecule has 0 heterocycles. The van der Waals surface area contributed by atoms with E-state index >= 15 is 0 Å². The highest BCUT2D eigenvalue weighted by atomic mass is 32.2. The standard InChI is InChI=1S/C27H31N3O4S/c1-18(2)14-26(31)29-23-7-5-6-21(15-23)17-28-27(32)25-16-24(13-10-20(25)4)35(33,34)30-22-11-8-19(3)9-12-22/h5-13,15-16,18,30H,14,17H2,1-4H3,(H,28,32)(H,29,31). The Hall–Kier alpha value is -3.65. The van der Waals surface area contributed by atoms with Gasteiger partial charge < -0.3 is 10.6 Å². The molecule has 0 atom stereocenters. The van der Waals surface area contributed by atoms with Gasteiger partial charge in [0.15, 0.2) is 0 Å². The van der Waals surface area contributed by atoms with Crippen molar-refractivity contribution in [2.24, 2.45) is 5.92 Å². The summed E-state index contributed by atoms with van der Waals surface area (Å²) in [5, 5.41) is 5.70. The number of carbonyl (C=O) groups is 2. The highest BCUT2D eigenvalue weighted by molar-refractivity contribution is 7.92. The van der Waals surface area contributed by atoms with E-state index < -0.39 is 10.0 Å². The molecule has 184 valence electrons. The van der Waals surface area contributed by atoms with Crippen LogP contribution in [0.4, 0.5) is 11.4 Å². The second-order valence-corrected chi connectivity index (χ2v) is 10.7. The van der Waals surface area contributed by atoms with Crippen molar-refractivity contribution in [1.29, 1.82) is 0 Å². The van der Waals surface area contributed by atoms with Gasteiger partial charge in [-0.15, -0.1) is 0 Å². The quantitative estimate of drug-likeness (QED) is 0.389. The summed E-state index contributed by atoms with van der Waals surface area (Å²) in [6.45, 7) is 7.86. The van der Waals surface area contributed by atoms with Crippen LogP contribution in [-0.2, 0) is 21.4 Å². The minimum absolute atomic E-state index is 0.00341. The lowest BCUT2D eigenvalue weighted by Gasteiger charge is -2.13. The summed E-state index contributed by atoms with van der Waals surface area (Å²) >= 11 is 0. The van der Waals surface area contributed by atoms with Gasteiger partial charge in [-0.25, -0.2) is 8.42 Å². The van der Waals surface area contributed by atoms with Crippen LogP contribution in [0.1, 0.15) is 47.3 Å². The molecule has 0 radical (unpaired) electrons. The molecule has 0 saturated carbocycles. The number of hydrogen-bond donors (Lipinski definition) is 3. The number of sulfonamides is 1. The monoisotopic (exact) mass is 493 g/mol. The summed E-state index contributed by atoms with van der Waals surface area (Å²) in [7, 11) is -3.86. The topological polar surface area (TPSA) is 104 Å². The minimum Gasteiger partial charge on any atom is -0.348 e. The summed E-state index contributed by atoms with van der Waals surface area (Å²) < 4.78 is 28.3. The van der Waals surface area contributed by atoms with Crippen LogP contribution in [0.15, 0.2) is 71.6 Å². The van der Waals surface area contributed by atoms with Crippen LogP contribution in [0.5, 0.6) is 0 Å². The smallest absolute Gasteiger partial charge is 0.261 e. The molecule has 0 aliphatic heterocycles. The second-order valence-electron chi connectivity index (χ2n) is 8.98. The van der Waals surface area contributed by atoms with Gasteiger partial charge >= 0.3 is 0 Å².